The zero-order valence-corrected chi connectivity index (χ0v) is 16.7. The van der Waals surface area contributed by atoms with Gasteiger partial charge in [0, 0.05) is 25.6 Å². The van der Waals surface area contributed by atoms with Gasteiger partial charge in [-0.3, -0.25) is 9.69 Å². The molecular formula is C24H30N2O2. The summed E-state index contributed by atoms with van der Waals surface area (Å²) in [5.41, 5.74) is 1.47. The Hall–Kier alpha value is -2.17. The van der Waals surface area contributed by atoms with E-state index in [-0.39, 0.29) is 11.3 Å². The van der Waals surface area contributed by atoms with E-state index < -0.39 is 5.60 Å². The maximum atomic E-state index is 12.5. The van der Waals surface area contributed by atoms with E-state index in [1.807, 2.05) is 0 Å². The molecule has 4 rings (SSSR count). The summed E-state index contributed by atoms with van der Waals surface area (Å²) in [5, 5.41) is 11.0. The first kappa shape index (κ1) is 19.2. The second-order valence-corrected chi connectivity index (χ2v) is 8.45. The van der Waals surface area contributed by atoms with Gasteiger partial charge in [0.1, 0.15) is 0 Å². The van der Waals surface area contributed by atoms with Crippen LogP contribution in [0.5, 0.6) is 0 Å². The van der Waals surface area contributed by atoms with Crippen LogP contribution in [0.15, 0.2) is 60.7 Å². The number of β-amino-alcohol motifs (C(OH)–C–C–N with tert-alkyl or cyclic N) is 1. The van der Waals surface area contributed by atoms with Gasteiger partial charge in [-0.05, 0) is 49.9 Å². The Morgan fingerprint density at radius 1 is 0.857 bits per heavy atom. The van der Waals surface area contributed by atoms with Crippen LogP contribution in [0.4, 0.5) is 0 Å². The number of likely N-dealkylation sites (N-methyl/N-ethyl adjacent to an activating group) is 1. The van der Waals surface area contributed by atoms with Gasteiger partial charge in [0.25, 0.3) is 5.91 Å². The van der Waals surface area contributed by atoms with Crippen molar-refractivity contribution in [2.24, 2.45) is 0 Å². The lowest BCUT2D eigenvalue weighted by atomic mass is 9.68. The van der Waals surface area contributed by atoms with Crippen molar-refractivity contribution in [1.29, 1.82) is 0 Å². The number of hydrogen-bond donors (Lipinski definition) is 1. The van der Waals surface area contributed by atoms with Crippen molar-refractivity contribution in [3.05, 3.63) is 71.8 Å². The fraction of sp³-hybridized carbons (Fsp3) is 0.458. The summed E-state index contributed by atoms with van der Waals surface area (Å²) in [6, 6.07) is 21.5. The van der Waals surface area contributed by atoms with Gasteiger partial charge in [0.2, 0.25) is 0 Å². The first-order chi connectivity index (χ1) is 13.5. The van der Waals surface area contributed by atoms with Gasteiger partial charge >= 0.3 is 0 Å². The molecule has 2 aliphatic heterocycles. The van der Waals surface area contributed by atoms with Crippen LogP contribution in [-0.2, 0) is 10.2 Å². The summed E-state index contributed by atoms with van der Waals surface area (Å²) in [6.07, 6.45) is 3.40. The number of piperidine rings is 2. The molecular weight excluding hydrogens is 348 g/mol. The number of carbonyl (C=O) groups excluding carboxylic acids is 1. The smallest absolute Gasteiger partial charge is 0.255 e. The standard InChI is InChI=1S/C24H30N2O2/c1-25-16-8-13-24(28,22(25)27)19-26-17-14-23(15-18-26,20-9-4-2-5-10-20)21-11-6-3-7-12-21/h2-7,9-12,28H,8,13-19H2,1H3/t24-/m0/s1. The van der Waals surface area contributed by atoms with Crippen molar-refractivity contribution in [2.45, 2.75) is 36.7 Å². The fourth-order valence-corrected chi connectivity index (χ4v) is 5.04. The Balaban J connectivity index is 1.54. The molecule has 2 aromatic carbocycles. The lowest BCUT2D eigenvalue weighted by molar-refractivity contribution is -0.158. The van der Waals surface area contributed by atoms with Crippen LogP contribution in [0.2, 0.25) is 0 Å². The lowest BCUT2D eigenvalue weighted by Crippen LogP contribution is -2.59. The molecule has 2 heterocycles. The number of hydrogen-bond acceptors (Lipinski definition) is 3. The van der Waals surface area contributed by atoms with Gasteiger partial charge in [0.05, 0.1) is 0 Å². The predicted molar refractivity (Wildman–Crippen MR) is 111 cm³/mol. The summed E-state index contributed by atoms with van der Waals surface area (Å²) < 4.78 is 0. The third kappa shape index (κ3) is 3.47. The van der Waals surface area contributed by atoms with Crippen LogP contribution in [0, 0.1) is 0 Å². The monoisotopic (exact) mass is 378 g/mol. The summed E-state index contributed by atoms with van der Waals surface area (Å²) >= 11 is 0. The van der Waals surface area contributed by atoms with Crippen molar-refractivity contribution in [3.63, 3.8) is 0 Å². The summed E-state index contributed by atoms with van der Waals surface area (Å²) in [7, 11) is 1.79. The molecule has 0 saturated carbocycles. The molecule has 1 amide bonds. The van der Waals surface area contributed by atoms with E-state index in [0.717, 1.165) is 38.9 Å². The molecule has 0 spiro atoms. The highest BCUT2D eigenvalue weighted by Crippen LogP contribution is 2.42. The largest absolute Gasteiger partial charge is 0.379 e. The number of amides is 1. The minimum Gasteiger partial charge on any atom is -0.379 e. The van der Waals surface area contributed by atoms with E-state index in [0.29, 0.717) is 13.0 Å². The second-order valence-electron chi connectivity index (χ2n) is 8.45. The number of likely N-dealkylation sites (tertiary alicyclic amines) is 2. The number of nitrogens with zero attached hydrogens (tertiary/aromatic N) is 2. The Bertz CT molecular complexity index is 758. The fourth-order valence-electron chi connectivity index (χ4n) is 5.04. The van der Waals surface area contributed by atoms with E-state index in [4.69, 9.17) is 0 Å². The highest BCUT2D eigenvalue weighted by Gasteiger charge is 2.44. The number of carbonyl (C=O) groups is 1. The van der Waals surface area contributed by atoms with E-state index in [2.05, 4.69) is 65.6 Å². The maximum absolute atomic E-state index is 12.5. The summed E-state index contributed by atoms with van der Waals surface area (Å²) in [6.45, 7) is 2.94. The van der Waals surface area contributed by atoms with Gasteiger partial charge in [-0.15, -0.1) is 0 Å². The number of benzene rings is 2. The number of aliphatic hydroxyl groups is 1. The second kappa shape index (κ2) is 7.69. The van der Waals surface area contributed by atoms with Crippen molar-refractivity contribution in [1.82, 2.24) is 9.80 Å². The molecule has 4 heteroatoms. The molecule has 2 saturated heterocycles. The lowest BCUT2D eigenvalue weighted by Gasteiger charge is -2.46. The zero-order valence-electron chi connectivity index (χ0n) is 16.7. The third-order valence-corrected chi connectivity index (χ3v) is 6.68. The predicted octanol–water partition coefficient (Wildman–Crippen LogP) is 3.05. The normalized spacial score (nSPS) is 25.6. The average molecular weight is 379 g/mol. The Morgan fingerprint density at radius 3 is 1.93 bits per heavy atom. The van der Waals surface area contributed by atoms with Crippen LogP contribution in [0.25, 0.3) is 0 Å². The topological polar surface area (TPSA) is 43.8 Å². The van der Waals surface area contributed by atoms with Gasteiger partial charge in [-0.25, -0.2) is 0 Å². The molecule has 28 heavy (non-hydrogen) atoms. The Morgan fingerprint density at radius 2 is 1.39 bits per heavy atom. The summed E-state index contributed by atoms with van der Waals surface area (Å²) in [5.74, 6) is -0.123. The molecule has 1 N–H and O–H groups in total. The van der Waals surface area contributed by atoms with Gasteiger partial charge in [-0.2, -0.15) is 0 Å². The molecule has 1 atom stereocenters. The minimum atomic E-state index is -1.23. The Labute approximate surface area is 167 Å². The van der Waals surface area contributed by atoms with Crippen LogP contribution >= 0.6 is 0 Å². The highest BCUT2D eigenvalue weighted by molar-refractivity contribution is 5.85. The third-order valence-electron chi connectivity index (χ3n) is 6.68. The van der Waals surface area contributed by atoms with Crippen LogP contribution in [0.1, 0.15) is 36.8 Å². The molecule has 2 fully saturated rings. The molecule has 0 unspecified atom stereocenters. The van der Waals surface area contributed by atoms with Gasteiger partial charge < -0.3 is 10.0 Å². The molecule has 4 nitrogen and oxygen atoms in total. The molecule has 148 valence electrons. The van der Waals surface area contributed by atoms with E-state index >= 15 is 0 Å². The first-order valence-electron chi connectivity index (χ1n) is 10.3. The van der Waals surface area contributed by atoms with Crippen LogP contribution in [0.3, 0.4) is 0 Å². The molecule has 0 aliphatic carbocycles. The molecule has 2 aliphatic rings. The molecule has 0 radical (unpaired) electrons. The van der Waals surface area contributed by atoms with Crippen LogP contribution in [-0.4, -0.2) is 59.6 Å². The highest BCUT2D eigenvalue weighted by atomic mass is 16.3. The Kier molecular flexibility index (Phi) is 5.26. The maximum Gasteiger partial charge on any atom is 0.255 e. The average Bonchev–Trinajstić information content (AvgIpc) is 2.74. The minimum absolute atomic E-state index is 0.00496. The van der Waals surface area contributed by atoms with Crippen molar-refractivity contribution < 1.29 is 9.90 Å². The van der Waals surface area contributed by atoms with Crippen molar-refractivity contribution in [3.8, 4) is 0 Å². The van der Waals surface area contributed by atoms with Gasteiger partial charge in [0.15, 0.2) is 5.60 Å². The van der Waals surface area contributed by atoms with E-state index in [1.54, 1.807) is 11.9 Å². The first-order valence-corrected chi connectivity index (χ1v) is 10.3. The molecule has 0 bridgehead atoms. The van der Waals surface area contributed by atoms with Gasteiger partial charge in [-0.1, -0.05) is 60.7 Å². The van der Waals surface area contributed by atoms with E-state index in [9.17, 15) is 9.90 Å². The number of rotatable bonds is 4. The van der Waals surface area contributed by atoms with Crippen molar-refractivity contribution >= 4 is 5.91 Å². The molecule has 0 aromatic heterocycles. The summed E-state index contributed by atoms with van der Waals surface area (Å²) in [4.78, 5) is 16.5. The van der Waals surface area contributed by atoms with Crippen LogP contribution < -0.4 is 0 Å². The van der Waals surface area contributed by atoms with Crippen molar-refractivity contribution in [2.75, 3.05) is 33.2 Å². The quantitative estimate of drug-likeness (QED) is 0.889. The van der Waals surface area contributed by atoms with E-state index in [1.165, 1.54) is 11.1 Å². The molecule has 2 aromatic rings. The zero-order chi connectivity index (χ0) is 19.6. The SMILES string of the molecule is CN1CCC[C@](O)(CN2CCC(c3ccccc3)(c3ccccc3)CC2)C1=O.